The second-order valence-corrected chi connectivity index (χ2v) is 11.6. The molecule has 2 saturated heterocycles. The predicted molar refractivity (Wildman–Crippen MR) is 106 cm³/mol. The molecule has 3 aliphatic rings. The summed E-state index contributed by atoms with van der Waals surface area (Å²) in [5.74, 6) is -1.28. The molecule has 1 aromatic rings. The van der Waals surface area contributed by atoms with Gasteiger partial charge in [-0.1, -0.05) is 25.1 Å². The van der Waals surface area contributed by atoms with Crippen LogP contribution >= 0.6 is 0 Å². The number of hydrogen-bond donors (Lipinski definition) is 0. The van der Waals surface area contributed by atoms with Crippen molar-refractivity contribution in [2.75, 3.05) is 0 Å². The van der Waals surface area contributed by atoms with E-state index in [1.807, 2.05) is 6.92 Å². The van der Waals surface area contributed by atoms with Crippen molar-refractivity contribution in [2.24, 2.45) is 11.3 Å². The zero-order valence-electron chi connectivity index (χ0n) is 17.3. The third kappa shape index (κ3) is 2.81. The zero-order chi connectivity index (χ0) is 21.2. The Kier molecular flexibility index (Phi) is 4.52. The van der Waals surface area contributed by atoms with E-state index < -0.39 is 43.7 Å². The van der Waals surface area contributed by atoms with Gasteiger partial charge in [0.05, 0.1) is 21.8 Å². The summed E-state index contributed by atoms with van der Waals surface area (Å²) < 4.78 is 39.5. The maximum absolute atomic E-state index is 13.6. The summed E-state index contributed by atoms with van der Waals surface area (Å²) in [6.07, 6.45) is 0.758. The number of Topliss-reactive ketones (excluding diaryl/α,β-unsaturated/α-hetero) is 1. The average Bonchev–Trinajstić information content (AvgIpc) is 3.26. The predicted octanol–water partition coefficient (Wildman–Crippen LogP) is 3.09. The van der Waals surface area contributed by atoms with Crippen molar-refractivity contribution in [3.8, 4) is 0 Å². The fraction of sp³-hybridized carbons (Fsp3) is 0.636. The van der Waals surface area contributed by atoms with Crippen LogP contribution < -0.4 is 0 Å². The maximum Gasteiger partial charge on any atom is 0.311 e. The molecule has 5 atom stereocenters. The van der Waals surface area contributed by atoms with Crippen LogP contribution in [-0.4, -0.2) is 42.7 Å². The van der Waals surface area contributed by atoms with Crippen LogP contribution in [0.4, 0.5) is 0 Å². The van der Waals surface area contributed by atoms with Crippen molar-refractivity contribution >= 4 is 21.6 Å². The highest BCUT2D eigenvalue weighted by atomic mass is 32.2. The van der Waals surface area contributed by atoms with Gasteiger partial charge < -0.3 is 9.47 Å². The molecular formula is C22H28O6S. The summed E-state index contributed by atoms with van der Waals surface area (Å²) in [5, 5.41) is -0.956. The highest BCUT2D eigenvalue weighted by Crippen LogP contribution is 2.64. The van der Waals surface area contributed by atoms with E-state index >= 15 is 0 Å². The van der Waals surface area contributed by atoms with Crippen molar-refractivity contribution in [1.29, 1.82) is 0 Å². The number of carbonyl (C=O) groups is 2. The molecule has 3 fully saturated rings. The van der Waals surface area contributed by atoms with E-state index in [1.165, 1.54) is 0 Å². The van der Waals surface area contributed by atoms with Gasteiger partial charge >= 0.3 is 5.97 Å². The lowest BCUT2D eigenvalue weighted by Crippen LogP contribution is -2.56. The number of fused-ring (bicyclic) bond motifs is 1. The van der Waals surface area contributed by atoms with E-state index in [4.69, 9.17) is 9.47 Å². The van der Waals surface area contributed by atoms with E-state index in [-0.39, 0.29) is 23.1 Å². The van der Waals surface area contributed by atoms with Gasteiger partial charge in [0.2, 0.25) is 0 Å². The third-order valence-corrected chi connectivity index (χ3v) is 9.09. The fourth-order valence-corrected chi connectivity index (χ4v) is 7.78. The summed E-state index contributed by atoms with van der Waals surface area (Å²) >= 11 is 0. The molecule has 2 heterocycles. The van der Waals surface area contributed by atoms with Crippen LogP contribution in [0, 0.1) is 11.3 Å². The Morgan fingerprint density at radius 2 is 1.90 bits per heavy atom. The molecule has 0 N–H and O–H groups in total. The van der Waals surface area contributed by atoms with E-state index in [0.717, 1.165) is 0 Å². The second-order valence-electron chi connectivity index (χ2n) is 9.55. The first-order chi connectivity index (χ1) is 13.5. The Labute approximate surface area is 171 Å². The molecule has 0 amide bonds. The summed E-state index contributed by atoms with van der Waals surface area (Å²) in [7, 11) is -3.80. The average molecular weight is 421 g/mol. The Morgan fingerprint density at radius 3 is 2.48 bits per heavy atom. The lowest BCUT2D eigenvalue weighted by molar-refractivity contribution is -0.170. The number of esters is 1. The summed E-state index contributed by atoms with van der Waals surface area (Å²) in [5.41, 5.74) is -2.76. The monoisotopic (exact) mass is 420 g/mol. The third-order valence-electron chi connectivity index (χ3n) is 6.79. The quantitative estimate of drug-likeness (QED) is 0.696. The van der Waals surface area contributed by atoms with Gasteiger partial charge in [0.1, 0.15) is 22.7 Å². The number of ketones is 1. The molecule has 2 aliphatic heterocycles. The minimum absolute atomic E-state index is 0.110. The number of ether oxygens (including phenoxy) is 2. The number of carbonyl (C=O) groups excluding carboxylic acids is 2. The van der Waals surface area contributed by atoms with Crippen LogP contribution in [0.25, 0.3) is 0 Å². The second kappa shape index (κ2) is 6.38. The molecule has 0 radical (unpaired) electrons. The molecule has 1 aliphatic carbocycles. The highest BCUT2D eigenvalue weighted by Gasteiger charge is 2.78. The largest absolute Gasteiger partial charge is 0.459 e. The van der Waals surface area contributed by atoms with Crippen LogP contribution in [0.2, 0.25) is 0 Å². The number of rotatable bonds is 4. The lowest BCUT2D eigenvalue weighted by atomic mass is 9.72. The molecule has 1 spiro atoms. The molecule has 158 valence electrons. The Morgan fingerprint density at radius 1 is 1.24 bits per heavy atom. The molecule has 7 heteroatoms. The van der Waals surface area contributed by atoms with Gasteiger partial charge in [-0.05, 0) is 45.7 Å². The van der Waals surface area contributed by atoms with E-state index in [0.29, 0.717) is 19.3 Å². The normalized spacial score (nSPS) is 36.3. The molecule has 1 saturated carbocycles. The number of hydrogen-bond acceptors (Lipinski definition) is 6. The molecule has 4 rings (SSSR count). The summed E-state index contributed by atoms with van der Waals surface area (Å²) in [6, 6.07) is 8.25. The molecule has 0 unspecified atom stereocenters. The minimum Gasteiger partial charge on any atom is -0.459 e. The van der Waals surface area contributed by atoms with Gasteiger partial charge in [0.25, 0.3) is 0 Å². The van der Waals surface area contributed by atoms with Crippen molar-refractivity contribution in [3.05, 3.63) is 30.3 Å². The van der Waals surface area contributed by atoms with Gasteiger partial charge in [-0.25, -0.2) is 8.42 Å². The SMILES string of the molecule is CC[C@@]12C[C@@H](OC(=O)C(C)(C)C)[C@]3(CCC(=O)[C@@H]3[C@H]1S(=O)(=O)c1ccccc1)O2. The van der Waals surface area contributed by atoms with Crippen LogP contribution in [0.3, 0.4) is 0 Å². The van der Waals surface area contributed by atoms with Gasteiger partial charge in [0.15, 0.2) is 9.84 Å². The standard InChI is InChI=1S/C22H28O6S/c1-5-21-13-16(27-19(24)20(2,3)4)22(28-21)12-11-15(23)17(22)18(21)29(25,26)14-9-7-6-8-10-14/h6-10,16-18H,5,11-13H2,1-4H3/t16-,17-,18-,21-,22+/m1/s1. The fourth-order valence-electron chi connectivity index (χ4n) is 5.34. The summed E-state index contributed by atoms with van der Waals surface area (Å²) in [6.45, 7) is 7.20. The minimum atomic E-state index is -3.80. The van der Waals surface area contributed by atoms with Crippen molar-refractivity contribution in [1.82, 2.24) is 0 Å². The maximum atomic E-state index is 13.6. The lowest BCUT2D eigenvalue weighted by Gasteiger charge is -2.39. The van der Waals surface area contributed by atoms with Crippen LogP contribution in [0.15, 0.2) is 35.2 Å². The highest BCUT2D eigenvalue weighted by molar-refractivity contribution is 7.92. The van der Waals surface area contributed by atoms with E-state index in [2.05, 4.69) is 0 Å². The molecule has 0 aromatic heterocycles. The van der Waals surface area contributed by atoms with Crippen LogP contribution in [-0.2, 0) is 28.9 Å². The van der Waals surface area contributed by atoms with Crippen molar-refractivity contribution in [2.45, 2.75) is 80.8 Å². The smallest absolute Gasteiger partial charge is 0.311 e. The Bertz CT molecular complexity index is 947. The molecule has 1 aromatic carbocycles. The van der Waals surface area contributed by atoms with E-state index in [9.17, 15) is 18.0 Å². The van der Waals surface area contributed by atoms with Crippen LogP contribution in [0.5, 0.6) is 0 Å². The van der Waals surface area contributed by atoms with Gasteiger partial charge in [-0.2, -0.15) is 0 Å². The molecule has 29 heavy (non-hydrogen) atoms. The van der Waals surface area contributed by atoms with Gasteiger partial charge in [-0.15, -0.1) is 0 Å². The zero-order valence-corrected chi connectivity index (χ0v) is 18.1. The molecule has 2 bridgehead atoms. The number of benzene rings is 1. The topological polar surface area (TPSA) is 86.7 Å². The number of sulfone groups is 1. The first-order valence-corrected chi connectivity index (χ1v) is 11.8. The summed E-state index contributed by atoms with van der Waals surface area (Å²) in [4.78, 5) is 25.7. The van der Waals surface area contributed by atoms with Crippen LogP contribution in [0.1, 0.15) is 53.4 Å². The van der Waals surface area contributed by atoms with Crippen molar-refractivity contribution < 1.29 is 27.5 Å². The first kappa shape index (κ1) is 20.5. The van der Waals surface area contributed by atoms with Gasteiger partial charge in [0, 0.05) is 12.8 Å². The first-order valence-electron chi connectivity index (χ1n) is 10.2. The van der Waals surface area contributed by atoms with Gasteiger partial charge in [-0.3, -0.25) is 9.59 Å². The van der Waals surface area contributed by atoms with E-state index in [1.54, 1.807) is 51.1 Å². The Hall–Kier alpha value is -1.73. The van der Waals surface area contributed by atoms with Crippen molar-refractivity contribution in [3.63, 3.8) is 0 Å². The molecule has 6 nitrogen and oxygen atoms in total. The molecular weight excluding hydrogens is 392 g/mol. The Balaban J connectivity index is 1.79.